The van der Waals surface area contributed by atoms with E-state index in [4.69, 9.17) is 11.6 Å². The highest BCUT2D eigenvalue weighted by atomic mass is 35.5. The van der Waals surface area contributed by atoms with Gasteiger partial charge in [0.05, 0.1) is 16.1 Å². The van der Waals surface area contributed by atoms with E-state index in [0.29, 0.717) is 15.6 Å². The van der Waals surface area contributed by atoms with Crippen LogP contribution in [0.5, 0.6) is 0 Å². The van der Waals surface area contributed by atoms with Gasteiger partial charge in [0.1, 0.15) is 6.54 Å². The first-order valence-corrected chi connectivity index (χ1v) is 13.5. The number of carbonyl (C=O) groups is 3. The third-order valence-electron chi connectivity index (χ3n) is 6.97. The number of anilines is 1. The summed E-state index contributed by atoms with van der Waals surface area (Å²) in [5, 5.41) is 1.06. The first-order valence-electron chi connectivity index (χ1n) is 12.3. The highest BCUT2D eigenvalue weighted by Crippen LogP contribution is 2.38. The van der Waals surface area contributed by atoms with Crippen molar-refractivity contribution in [3.8, 4) is 0 Å². The molecule has 0 spiro atoms. The standard InChI is InChI=1S/C28H28ClN3O3S/c1-3-19-9-6-12-23-20(16-30(26(19)23)17-25(33)31-13-5-4-8-18(31)2)14-24-27(34)32(28(35)36-24)22-11-7-10-21(29)15-22/h6-7,9-12,14-16,18H,3-5,8,13,17H2,1-2H3/b24-14-/t18-/m1/s1. The van der Waals surface area contributed by atoms with Crippen LogP contribution >= 0.6 is 23.4 Å². The zero-order chi connectivity index (χ0) is 25.4. The monoisotopic (exact) mass is 521 g/mol. The van der Waals surface area contributed by atoms with Crippen molar-refractivity contribution < 1.29 is 14.4 Å². The summed E-state index contributed by atoms with van der Waals surface area (Å²) in [6.45, 7) is 5.25. The molecule has 1 atom stereocenters. The third-order valence-corrected chi connectivity index (χ3v) is 8.07. The Kier molecular flexibility index (Phi) is 6.95. The summed E-state index contributed by atoms with van der Waals surface area (Å²) in [5.74, 6) is -0.268. The normalized spacial score (nSPS) is 19.6. The number of para-hydroxylation sites is 1. The van der Waals surface area contributed by atoms with Gasteiger partial charge in [0, 0.05) is 34.8 Å². The van der Waals surface area contributed by atoms with Gasteiger partial charge in [-0.05, 0) is 74.2 Å². The second-order valence-corrected chi connectivity index (χ2v) is 10.7. The molecular formula is C28H28ClN3O3S. The molecule has 3 aromatic rings. The van der Waals surface area contributed by atoms with E-state index in [1.165, 1.54) is 0 Å². The maximum Gasteiger partial charge on any atom is 0.298 e. The minimum atomic E-state index is -0.377. The van der Waals surface area contributed by atoms with Crippen LogP contribution in [0, 0.1) is 0 Å². The van der Waals surface area contributed by atoms with E-state index < -0.39 is 0 Å². The lowest BCUT2D eigenvalue weighted by atomic mass is 10.0. The van der Waals surface area contributed by atoms with Gasteiger partial charge in [-0.2, -0.15) is 0 Å². The topological polar surface area (TPSA) is 62.6 Å². The van der Waals surface area contributed by atoms with Gasteiger partial charge in [0.25, 0.3) is 11.1 Å². The van der Waals surface area contributed by atoms with E-state index in [1.807, 2.05) is 27.8 Å². The molecule has 2 fully saturated rings. The van der Waals surface area contributed by atoms with Gasteiger partial charge in [0.2, 0.25) is 5.91 Å². The number of imide groups is 1. The highest BCUT2D eigenvalue weighted by Gasteiger charge is 2.36. The molecule has 8 heteroatoms. The summed E-state index contributed by atoms with van der Waals surface area (Å²) in [4.78, 5) is 42.7. The van der Waals surface area contributed by atoms with Gasteiger partial charge in [-0.1, -0.05) is 42.8 Å². The smallest absolute Gasteiger partial charge is 0.298 e. The molecular weight excluding hydrogens is 494 g/mol. The average Bonchev–Trinajstić information content (AvgIpc) is 3.35. The summed E-state index contributed by atoms with van der Waals surface area (Å²) in [6.07, 6.45) is 7.75. The van der Waals surface area contributed by atoms with Crippen LogP contribution in [0.4, 0.5) is 10.5 Å². The Morgan fingerprint density at radius 2 is 1.97 bits per heavy atom. The zero-order valence-electron chi connectivity index (χ0n) is 20.4. The number of benzene rings is 2. The molecule has 0 unspecified atom stereocenters. The summed E-state index contributed by atoms with van der Waals surface area (Å²) < 4.78 is 2.00. The van der Waals surface area contributed by atoms with Crippen molar-refractivity contribution >= 4 is 63.1 Å². The van der Waals surface area contributed by atoms with Gasteiger partial charge >= 0.3 is 0 Å². The molecule has 3 heterocycles. The number of hydrogen-bond donors (Lipinski definition) is 0. The van der Waals surface area contributed by atoms with E-state index in [1.54, 1.807) is 30.3 Å². The van der Waals surface area contributed by atoms with Crippen molar-refractivity contribution in [2.24, 2.45) is 0 Å². The number of carbonyl (C=O) groups excluding carboxylic acids is 3. The van der Waals surface area contributed by atoms with Crippen LogP contribution in [-0.2, 0) is 22.6 Å². The Morgan fingerprint density at radius 3 is 2.72 bits per heavy atom. The fourth-order valence-electron chi connectivity index (χ4n) is 5.14. The van der Waals surface area contributed by atoms with Gasteiger partial charge in [-0.25, -0.2) is 4.90 Å². The lowest BCUT2D eigenvalue weighted by molar-refractivity contribution is -0.135. The molecule has 0 radical (unpaired) electrons. The number of piperidine rings is 1. The lowest BCUT2D eigenvalue weighted by Crippen LogP contribution is -2.43. The molecule has 0 aliphatic carbocycles. The van der Waals surface area contributed by atoms with Crippen LogP contribution in [0.2, 0.25) is 5.02 Å². The molecule has 2 aliphatic heterocycles. The number of nitrogens with zero attached hydrogens (tertiary/aromatic N) is 3. The Morgan fingerprint density at radius 1 is 1.17 bits per heavy atom. The quantitative estimate of drug-likeness (QED) is 0.359. The number of aromatic nitrogens is 1. The first kappa shape index (κ1) is 24.7. The molecule has 5 rings (SSSR count). The molecule has 0 saturated carbocycles. The lowest BCUT2D eigenvalue weighted by Gasteiger charge is -2.33. The fraction of sp³-hybridized carbons (Fsp3) is 0.321. The fourth-order valence-corrected chi connectivity index (χ4v) is 6.16. The number of amides is 3. The van der Waals surface area contributed by atoms with Crippen LogP contribution in [0.25, 0.3) is 17.0 Å². The number of rotatable bonds is 5. The van der Waals surface area contributed by atoms with Crippen LogP contribution in [-0.4, -0.2) is 39.1 Å². The molecule has 6 nitrogen and oxygen atoms in total. The second kappa shape index (κ2) is 10.1. The van der Waals surface area contributed by atoms with Crippen molar-refractivity contribution in [1.82, 2.24) is 9.47 Å². The Hall–Kier alpha value is -3.03. The first-order chi connectivity index (χ1) is 17.4. The zero-order valence-corrected chi connectivity index (χ0v) is 21.9. The Bertz CT molecular complexity index is 1400. The van der Waals surface area contributed by atoms with E-state index in [-0.39, 0.29) is 29.6 Å². The number of likely N-dealkylation sites (tertiary alicyclic amines) is 1. The predicted molar refractivity (Wildman–Crippen MR) is 146 cm³/mol. The molecule has 1 aromatic heterocycles. The molecule has 2 aliphatic rings. The van der Waals surface area contributed by atoms with E-state index in [0.717, 1.165) is 70.9 Å². The van der Waals surface area contributed by atoms with E-state index in [9.17, 15) is 14.4 Å². The van der Waals surface area contributed by atoms with Crippen molar-refractivity contribution in [3.05, 3.63) is 69.7 Å². The van der Waals surface area contributed by atoms with Crippen molar-refractivity contribution in [2.75, 3.05) is 11.4 Å². The summed E-state index contributed by atoms with van der Waals surface area (Å²) >= 11 is 7.00. The van der Waals surface area contributed by atoms with Crippen molar-refractivity contribution in [1.29, 1.82) is 0 Å². The van der Waals surface area contributed by atoms with Gasteiger partial charge in [-0.3, -0.25) is 14.4 Å². The number of fused-ring (bicyclic) bond motifs is 1. The van der Waals surface area contributed by atoms with Gasteiger partial charge < -0.3 is 9.47 Å². The van der Waals surface area contributed by atoms with Crippen LogP contribution < -0.4 is 4.90 Å². The largest absolute Gasteiger partial charge is 0.338 e. The van der Waals surface area contributed by atoms with E-state index in [2.05, 4.69) is 19.9 Å². The maximum atomic E-state index is 13.3. The average molecular weight is 522 g/mol. The third kappa shape index (κ3) is 4.58. The Labute approximate surface area is 219 Å². The van der Waals surface area contributed by atoms with Crippen molar-refractivity contribution in [2.45, 2.75) is 52.1 Å². The molecule has 2 saturated heterocycles. The highest BCUT2D eigenvalue weighted by molar-refractivity contribution is 8.19. The minimum Gasteiger partial charge on any atom is -0.338 e. The predicted octanol–water partition coefficient (Wildman–Crippen LogP) is 6.50. The molecule has 0 N–H and O–H groups in total. The number of halogens is 1. The second-order valence-electron chi connectivity index (χ2n) is 9.31. The molecule has 2 aromatic carbocycles. The Balaban J connectivity index is 1.51. The SMILES string of the molecule is CCc1cccc2c(/C=C3\SC(=O)N(c4cccc(Cl)c4)C3=O)cn(CC(=O)N3CCCC[C@H]3C)c12. The van der Waals surface area contributed by atoms with Crippen molar-refractivity contribution in [3.63, 3.8) is 0 Å². The summed E-state index contributed by atoms with van der Waals surface area (Å²) in [7, 11) is 0. The van der Waals surface area contributed by atoms with Crippen LogP contribution in [0.15, 0.2) is 53.6 Å². The number of hydrogen-bond acceptors (Lipinski definition) is 4. The summed E-state index contributed by atoms with van der Waals surface area (Å²) in [5.41, 5.74) is 3.40. The number of thioether (sulfide) groups is 1. The molecule has 3 amide bonds. The summed E-state index contributed by atoms with van der Waals surface area (Å²) in [6, 6.07) is 13.0. The number of aryl methyl sites for hydroxylation is 1. The van der Waals surface area contributed by atoms with Gasteiger partial charge in [0.15, 0.2) is 0 Å². The molecule has 0 bridgehead atoms. The maximum absolute atomic E-state index is 13.3. The van der Waals surface area contributed by atoms with Crippen LogP contribution in [0.3, 0.4) is 0 Å². The van der Waals surface area contributed by atoms with E-state index >= 15 is 0 Å². The molecule has 186 valence electrons. The van der Waals surface area contributed by atoms with Gasteiger partial charge in [-0.15, -0.1) is 0 Å². The van der Waals surface area contributed by atoms with Crippen LogP contribution in [0.1, 0.15) is 44.2 Å². The molecule has 36 heavy (non-hydrogen) atoms. The minimum absolute atomic E-state index is 0.109.